The molecule has 1 aromatic carbocycles. The second-order valence-corrected chi connectivity index (χ2v) is 4.64. The first kappa shape index (κ1) is 14.6. The lowest BCUT2D eigenvalue weighted by Crippen LogP contribution is -2.14. The fourth-order valence-electron chi connectivity index (χ4n) is 2.04. The van der Waals surface area contributed by atoms with E-state index in [0.29, 0.717) is 12.3 Å². The van der Waals surface area contributed by atoms with Crippen LogP contribution in [-0.4, -0.2) is 20.2 Å². The van der Waals surface area contributed by atoms with Gasteiger partial charge in [-0.05, 0) is 24.0 Å². The molecule has 100 valence electrons. The normalized spacial score (nSPS) is 12.3. The maximum absolute atomic E-state index is 11.8. The van der Waals surface area contributed by atoms with E-state index in [4.69, 9.17) is 9.47 Å². The molecule has 0 aliphatic rings. The van der Waals surface area contributed by atoms with Crippen LogP contribution >= 0.6 is 0 Å². The fraction of sp³-hybridized carbons (Fsp3) is 0.533. The Balaban J connectivity index is 3.25. The summed E-state index contributed by atoms with van der Waals surface area (Å²) in [5.74, 6) is 0.696. The number of rotatable bonds is 5. The Kier molecular flexibility index (Phi) is 5.20. The molecule has 0 amide bonds. The van der Waals surface area contributed by atoms with Crippen LogP contribution in [0.25, 0.3) is 0 Å². The van der Waals surface area contributed by atoms with Gasteiger partial charge in [0.25, 0.3) is 0 Å². The van der Waals surface area contributed by atoms with Crippen LogP contribution in [0.5, 0.6) is 5.75 Å². The largest absolute Gasteiger partial charge is 0.496 e. The van der Waals surface area contributed by atoms with Crippen molar-refractivity contribution >= 4 is 5.97 Å². The van der Waals surface area contributed by atoms with E-state index in [1.807, 2.05) is 19.1 Å². The summed E-state index contributed by atoms with van der Waals surface area (Å²) < 4.78 is 10.2. The van der Waals surface area contributed by atoms with Gasteiger partial charge in [0.15, 0.2) is 0 Å². The average molecular weight is 250 g/mol. The summed E-state index contributed by atoms with van der Waals surface area (Å²) in [5, 5.41) is 0. The minimum absolute atomic E-state index is 0.211. The number of hydrogen-bond donors (Lipinski definition) is 0. The number of carbonyl (C=O) groups is 1. The molecule has 0 spiro atoms. The summed E-state index contributed by atoms with van der Waals surface area (Å²) in [6.45, 7) is 6.23. The third-order valence-electron chi connectivity index (χ3n) is 3.19. The summed E-state index contributed by atoms with van der Waals surface area (Å²) >= 11 is 0. The lowest BCUT2D eigenvalue weighted by molar-refractivity contribution is -0.142. The maximum Gasteiger partial charge on any atom is 0.313 e. The van der Waals surface area contributed by atoms with Gasteiger partial charge < -0.3 is 9.47 Å². The minimum atomic E-state index is -0.261. The molecular weight excluding hydrogens is 228 g/mol. The maximum atomic E-state index is 11.8. The Morgan fingerprint density at radius 1 is 1.28 bits per heavy atom. The van der Waals surface area contributed by atoms with Gasteiger partial charge in [0, 0.05) is 5.56 Å². The summed E-state index contributed by atoms with van der Waals surface area (Å²) in [4.78, 5) is 11.8. The highest BCUT2D eigenvalue weighted by Crippen LogP contribution is 2.32. The van der Waals surface area contributed by atoms with Crippen molar-refractivity contribution in [3.63, 3.8) is 0 Å². The molecule has 0 aliphatic carbocycles. The topological polar surface area (TPSA) is 35.5 Å². The van der Waals surface area contributed by atoms with Crippen LogP contribution < -0.4 is 4.74 Å². The molecular formula is C15H22O3. The fourth-order valence-corrected chi connectivity index (χ4v) is 2.04. The van der Waals surface area contributed by atoms with Crippen molar-refractivity contribution in [3.8, 4) is 5.75 Å². The zero-order valence-electron chi connectivity index (χ0n) is 11.8. The van der Waals surface area contributed by atoms with Gasteiger partial charge in [-0.15, -0.1) is 0 Å². The van der Waals surface area contributed by atoms with Gasteiger partial charge in [-0.25, -0.2) is 0 Å². The van der Waals surface area contributed by atoms with Gasteiger partial charge in [0.05, 0.1) is 20.1 Å². The van der Waals surface area contributed by atoms with Crippen molar-refractivity contribution in [1.29, 1.82) is 0 Å². The molecule has 3 heteroatoms. The van der Waals surface area contributed by atoms with Gasteiger partial charge in [-0.1, -0.05) is 32.9 Å². The molecule has 0 saturated carbocycles. The number of ether oxygens (including phenoxy) is 2. The first-order valence-electron chi connectivity index (χ1n) is 6.30. The van der Waals surface area contributed by atoms with E-state index in [0.717, 1.165) is 11.3 Å². The van der Waals surface area contributed by atoms with Crippen molar-refractivity contribution < 1.29 is 14.3 Å². The summed E-state index contributed by atoms with van der Waals surface area (Å²) in [6, 6.07) is 6.02. The molecule has 0 fully saturated rings. The Morgan fingerprint density at radius 3 is 2.39 bits per heavy atom. The molecule has 18 heavy (non-hydrogen) atoms. The Morgan fingerprint density at radius 2 is 1.94 bits per heavy atom. The van der Waals surface area contributed by atoms with Gasteiger partial charge >= 0.3 is 5.97 Å². The predicted octanol–water partition coefficient (Wildman–Crippen LogP) is 3.49. The van der Waals surface area contributed by atoms with Crippen LogP contribution in [0.3, 0.4) is 0 Å². The standard InChI is InChI=1S/C15H22O3/c1-6-12(15(16)18-5)13-9-11(10(2)3)7-8-14(13)17-4/h7-10,12H,6H2,1-5H3. The van der Waals surface area contributed by atoms with E-state index in [1.54, 1.807) is 7.11 Å². The van der Waals surface area contributed by atoms with Crippen LogP contribution in [0.1, 0.15) is 50.2 Å². The van der Waals surface area contributed by atoms with Crippen molar-refractivity contribution in [2.24, 2.45) is 0 Å². The molecule has 0 N–H and O–H groups in total. The van der Waals surface area contributed by atoms with Crippen molar-refractivity contribution in [2.75, 3.05) is 14.2 Å². The Bertz CT molecular complexity index is 410. The second-order valence-electron chi connectivity index (χ2n) is 4.64. The van der Waals surface area contributed by atoms with Crippen molar-refractivity contribution in [1.82, 2.24) is 0 Å². The van der Waals surface area contributed by atoms with Crippen LogP contribution in [0, 0.1) is 0 Å². The van der Waals surface area contributed by atoms with Gasteiger partial charge in [-0.2, -0.15) is 0 Å². The molecule has 0 saturated heterocycles. The Labute approximate surface area is 109 Å². The SMILES string of the molecule is CCC(C(=O)OC)c1cc(C(C)C)ccc1OC. The Hall–Kier alpha value is -1.51. The summed E-state index contributed by atoms with van der Waals surface area (Å²) in [6.07, 6.45) is 0.699. The van der Waals surface area contributed by atoms with Crippen molar-refractivity contribution in [2.45, 2.75) is 39.0 Å². The molecule has 0 radical (unpaired) electrons. The van der Waals surface area contributed by atoms with E-state index in [-0.39, 0.29) is 11.9 Å². The van der Waals surface area contributed by atoms with Crippen LogP contribution in [0.15, 0.2) is 18.2 Å². The number of esters is 1. The van der Waals surface area contributed by atoms with E-state index in [9.17, 15) is 4.79 Å². The number of carbonyl (C=O) groups excluding carboxylic acids is 1. The van der Waals surface area contributed by atoms with Crippen LogP contribution in [0.2, 0.25) is 0 Å². The zero-order valence-corrected chi connectivity index (χ0v) is 11.8. The molecule has 3 nitrogen and oxygen atoms in total. The van der Waals surface area contributed by atoms with Gasteiger partial charge in [0.1, 0.15) is 5.75 Å². The van der Waals surface area contributed by atoms with E-state index in [1.165, 1.54) is 12.7 Å². The van der Waals surface area contributed by atoms with E-state index in [2.05, 4.69) is 19.9 Å². The predicted molar refractivity (Wildman–Crippen MR) is 72.1 cm³/mol. The number of benzene rings is 1. The van der Waals surface area contributed by atoms with Gasteiger partial charge in [0.2, 0.25) is 0 Å². The molecule has 0 aromatic heterocycles. The van der Waals surface area contributed by atoms with Crippen molar-refractivity contribution in [3.05, 3.63) is 29.3 Å². The molecule has 1 rings (SSSR count). The summed E-state index contributed by atoms with van der Waals surface area (Å²) in [5.41, 5.74) is 2.12. The molecule has 1 unspecified atom stereocenters. The number of methoxy groups -OCH3 is 2. The smallest absolute Gasteiger partial charge is 0.313 e. The highest BCUT2D eigenvalue weighted by Gasteiger charge is 2.23. The average Bonchev–Trinajstić information content (AvgIpc) is 2.39. The molecule has 1 atom stereocenters. The quantitative estimate of drug-likeness (QED) is 0.750. The highest BCUT2D eigenvalue weighted by molar-refractivity contribution is 5.79. The minimum Gasteiger partial charge on any atom is -0.496 e. The van der Waals surface area contributed by atoms with E-state index >= 15 is 0 Å². The lowest BCUT2D eigenvalue weighted by atomic mass is 9.91. The highest BCUT2D eigenvalue weighted by atomic mass is 16.5. The third-order valence-corrected chi connectivity index (χ3v) is 3.19. The molecule has 0 bridgehead atoms. The first-order valence-corrected chi connectivity index (χ1v) is 6.30. The molecule has 0 heterocycles. The van der Waals surface area contributed by atoms with Crippen LogP contribution in [-0.2, 0) is 9.53 Å². The van der Waals surface area contributed by atoms with Gasteiger partial charge in [-0.3, -0.25) is 4.79 Å². The zero-order chi connectivity index (χ0) is 13.7. The molecule has 0 aliphatic heterocycles. The second kappa shape index (κ2) is 6.43. The number of hydrogen-bond acceptors (Lipinski definition) is 3. The lowest BCUT2D eigenvalue weighted by Gasteiger charge is -2.18. The van der Waals surface area contributed by atoms with E-state index < -0.39 is 0 Å². The third kappa shape index (κ3) is 3.03. The molecule has 1 aromatic rings. The monoisotopic (exact) mass is 250 g/mol. The van der Waals surface area contributed by atoms with Crippen LogP contribution in [0.4, 0.5) is 0 Å². The first-order chi connectivity index (χ1) is 8.54. The summed E-state index contributed by atoms with van der Waals surface area (Å²) in [7, 11) is 3.04.